The Bertz CT molecular complexity index is 654. The number of para-hydroxylation sites is 2. The SMILES string of the molecule is Cn1c(CNCCc2ncc[nH]2)nc2ccccc21. The molecule has 0 radical (unpaired) electrons. The van der Waals surface area contributed by atoms with Crippen LogP contribution >= 0.6 is 0 Å². The summed E-state index contributed by atoms with van der Waals surface area (Å²) in [4.78, 5) is 11.9. The standard InChI is InChI=1S/C14H17N5/c1-19-12-5-3-2-4-11(12)18-14(19)10-15-7-6-13-16-8-9-17-13/h2-5,8-9,15H,6-7,10H2,1H3,(H,16,17). The number of aryl methyl sites for hydroxylation is 1. The molecule has 0 atom stereocenters. The smallest absolute Gasteiger partial charge is 0.123 e. The molecule has 2 N–H and O–H groups in total. The van der Waals surface area contributed by atoms with Gasteiger partial charge >= 0.3 is 0 Å². The first-order valence-corrected chi connectivity index (χ1v) is 6.44. The van der Waals surface area contributed by atoms with Gasteiger partial charge in [-0.05, 0) is 12.1 Å². The van der Waals surface area contributed by atoms with Crippen LogP contribution in [-0.4, -0.2) is 26.1 Å². The van der Waals surface area contributed by atoms with E-state index >= 15 is 0 Å². The van der Waals surface area contributed by atoms with E-state index in [2.05, 4.69) is 37.9 Å². The van der Waals surface area contributed by atoms with Gasteiger partial charge in [-0.2, -0.15) is 0 Å². The Labute approximate surface area is 111 Å². The molecule has 0 bridgehead atoms. The van der Waals surface area contributed by atoms with Crippen molar-refractivity contribution < 1.29 is 0 Å². The Morgan fingerprint density at radius 3 is 3.00 bits per heavy atom. The second-order valence-electron chi connectivity index (χ2n) is 4.54. The van der Waals surface area contributed by atoms with Gasteiger partial charge in [0, 0.05) is 32.4 Å². The van der Waals surface area contributed by atoms with Crippen molar-refractivity contribution in [2.45, 2.75) is 13.0 Å². The molecule has 2 heterocycles. The summed E-state index contributed by atoms with van der Waals surface area (Å²) >= 11 is 0. The third kappa shape index (κ3) is 2.51. The van der Waals surface area contributed by atoms with E-state index in [-0.39, 0.29) is 0 Å². The summed E-state index contributed by atoms with van der Waals surface area (Å²) in [7, 11) is 2.05. The van der Waals surface area contributed by atoms with Gasteiger partial charge in [-0.1, -0.05) is 12.1 Å². The molecule has 5 nitrogen and oxygen atoms in total. The minimum Gasteiger partial charge on any atom is -0.349 e. The van der Waals surface area contributed by atoms with Gasteiger partial charge < -0.3 is 14.9 Å². The molecule has 98 valence electrons. The Hall–Kier alpha value is -2.14. The molecule has 0 saturated carbocycles. The van der Waals surface area contributed by atoms with Crippen molar-refractivity contribution in [3.63, 3.8) is 0 Å². The summed E-state index contributed by atoms with van der Waals surface area (Å²) < 4.78 is 2.13. The predicted molar refractivity (Wildman–Crippen MR) is 74.7 cm³/mol. The summed E-state index contributed by atoms with van der Waals surface area (Å²) in [5.41, 5.74) is 2.22. The maximum atomic E-state index is 4.62. The van der Waals surface area contributed by atoms with Gasteiger partial charge in [-0.25, -0.2) is 9.97 Å². The van der Waals surface area contributed by atoms with Gasteiger partial charge in [0.15, 0.2) is 0 Å². The molecule has 2 aromatic heterocycles. The molecule has 0 saturated heterocycles. The second kappa shape index (κ2) is 5.24. The maximum Gasteiger partial charge on any atom is 0.123 e. The number of imidazole rings is 2. The molecular formula is C14H17N5. The zero-order chi connectivity index (χ0) is 13.1. The van der Waals surface area contributed by atoms with Crippen LogP contribution < -0.4 is 5.32 Å². The van der Waals surface area contributed by atoms with Crippen molar-refractivity contribution in [3.8, 4) is 0 Å². The maximum absolute atomic E-state index is 4.62. The quantitative estimate of drug-likeness (QED) is 0.681. The van der Waals surface area contributed by atoms with Crippen molar-refractivity contribution in [1.82, 2.24) is 24.8 Å². The first-order chi connectivity index (χ1) is 9.34. The van der Waals surface area contributed by atoms with E-state index in [9.17, 15) is 0 Å². The van der Waals surface area contributed by atoms with Crippen LogP contribution in [0, 0.1) is 0 Å². The fraction of sp³-hybridized carbons (Fsp3) is 0.286. The molecule has 3 rings (SSSR count). The van der Waals surface area contributed by atoms with E-state index in [4.69, 9.17) is 0 Å². The number of hydrogen-bond acceptors (Lipinski definition) is 3. The largest absolute Gasteiger partial charge is 0.349 e. The number of rotatable bonds is 5. The molecule has 3 aromatic rings. The average molecular weight is 255 g/mol. The van der Waals surface area contributed by atoms with Crippen molar-refractivity contribution in [3.05, 3.63) is 48.3 Å². The molecule has 0 aliphatic carbocycles. The van der Waals surface area contributed by atoms with E-state index in [0.29, 0.717) is 0 Å². The summed E-state index contributed by atoms with van der Waals surface area (Å²) in [6.45, 7) is 1.66. The molecule has 0 unspecified atom stereocenters. The van der Waals surface area contributed by atoms with E-state index in [1.807, 2.05) is 24.4 Å². The Kier molecular flexibility index (Phi) is 3.29. The lowest BCUT2D eigenvalue weighted by molar-refractivity contribution is 0.634. The Morgan fingerprint density at radius 1 is 1.32 bits per heavy atom. The number of hydrogen-bond donors (Lipinski definition) is 2. The highest BCUT2D eigenvalue weighted by atomic mass is 15.1. The molecular weight excluding hydrogens is 238 g/mol. The highest BCUT2D eigenvalue weighted by Crippen LogP contribution is 2.13. The summed E-state index contributed by atoms with van der Waals surface area (Å²) in [6, 6.07) is 8.19. The number of nitrogens with zero attached hydrogens (tertiary/aromatic N) is 3. The monoisotopic (exact) mass is 255 g/mol. The van der Waals surface area contributed by atoms with Gasteiger partial charge in [-0.15, -0.1) is 0 Å². The van der Waals surface area contributed by atoms with Gasteiger partial charge in [-0.3, -0.25) is 0 Å². The van der Waals surface area contributed by atoms with Gasteiger partial charge in [0.25, 0.3) is 0 Å². The zero-order valence-corrected chi connectivity index (χ0v) is 10.9. The number of nitrogens with one attached hydrogen (secondary N) is 2. The average Bonchev–Trinajstić information content (AvgIpc) is 3.04. The molecule has 0 fully saturated rings. The highest BCUT2D eigenvalue weighted by molar-refractivity contribution is 5.75. The fourth-order valence-corrected chi connectivity index (χ4v) is 2.20. The predicted octanol–water partition coefficient (Wildman–Crippen LogP) is 1.63. The lowest BCUT2D eigenvalue weighted by atomic mass is 10.3. The van der Waals surface area contributed by atoms with Gasteiger partial charge in [0.1, 0.15) is 11.6 Å². The van der Waals surface area contributed by atoms with Crippen LogP contribution in [0.15, 0.2) is 36.7 Å². The zero-order valence-electron chi connectivity index (χ0n) is 10.9. The summed E-state index contributed by atoms with van der Waals surface area (Å²) in [5, 5.41) is 3.40. The topological polar surface area (TPSA) is 58.5 Å². The molecule has 0 aliphatic rings. The lowest BCUT2D eigenvalue weighted by Crippen LogP contribution is -2.19. The Morgan fingerprint density at radius 2 is 2.21 bits per heavy atom. The normalized spacial score (nSPS) is 11.2. The number of aromatic nitrogens is 4. The summed E-state index contributed by atoms with van der Waals surface area (Å²) in [6.07, 6.45) is 4.53. The van der Waals surface area contributed by atoms with E-state index < -0.39 is 0 Å². The minimum absolute atomic E-state index is 0.770. The van der Waals surface area contributed by atoms with Crippen LogP contribution in [-0.2, 0) is 20.0 Å². The van der Waals surface area contributed by atoms with Crippen LogP contribution in [0.4, 0.5) is 0 Å². The lowest BCUT2D eigenvalue weighted by Gasteiger charge is -2.04. The Balaban J connectivity index is 1.61. The van der Waals surface area contributed by atoms with Gasteiger partial charge in [0.05, 0.1) is 17.6 Å². The van der Waals surface area contributed by atoms with Crippen molar-refractivity contribution in [2.75, 3.05) is 6.54 Å². The van der Waals surface area contributed by atoms with E-state index in [1.54, 1.807) is 6.20 Å². The third-order valence-electron chi connectivity index (χ3n) is 3.26. The van der Waals surface area contributed by atoms with Crippen LogP contribution in [0.1, 0.15) is 11.6 Å². The highest BCUT2D eigenvalue weighted by Gasteiger charge is 2.06. The molecule has 19 heavy (non-hydrogen) atoms. The number of H-pyrrole nitrogens is 1. The van der Waals surface area contributed by atoms with E-state index in [0.717, 1.165) is 36.7 Å². The third-order valence-corrected chi connectivity index (χ3v) is 3.26. The minimum atomic E-state index is 0.770. The molecule has 0 spiro atoms. The first-order valence-electron chi connectivity index (χ1n) is 6.44. The van der Waals surface area contributed by atoms with Crippen LogP contribution in [0.25, 0.3) is 11.0 Å². The number of aromatic amines is 1. The molecule has 0 aliphatic heterocycles. The number of fused-ring (bicyclic) bond motifs is 1. The van der Waals surface area contributed by atoms with Crippen LogP contribution in [0.2, 0.25) is 0 Å². The van der Waals surface area contributed by atoms with Crippen molar-refractivity contribution >= 4 is 11.0 Å². The molecule has 0 amide bonds. The fourth-order valence-electron chi connectivity index (χ4n) is 2.20. The van der Waals surface area contributed by atoms with Crippen molar-refractivity contribution in [1.29, 1.82) is 0 Å². The molecule has 5 heteroatoms. The van der Waals surface area contributed by atoms with Crippen molar-refractivity contribution in [2.24, 2.45) is 7.05 Å². The van der Waals surface area contributed by atoms with Crippen LogP contribution in [0.5, 0.6) is 0 Å². The number of benzene rings is 1. The first kappa shape index (κ1) is 11.9. The van der Waals surface area contributed by atoms with Gasteiger partial charge in [0.2, 0.25) is 0 Å². The van der Waals surface area contributed by atoms with Crippen LogP contribution in [0.3, 0.4) is 0 Å². The van der Waals surface area contributed by atoms with E-state index in [1.165, 1.54) is 5.52 Å². The second-order valence-corrected chi connectivity index (χ2v) is 4.54. The molecule has 1 aromatic carbocycles. The summed E-state index contributed by atoms with van der Waals surface area (Å²) in [5.74, 6) is 2.07.